The Morgan fingerprint density at radius 3 is 3.00 bits per heavy atom. The van der Waals surface area contributed by atoms with E-state index >= 15 is 0 Å². The zero-order valence-electron chi connectivity index (χ0n) is 9.74. The summed E-state index contributed by atoms with van der Waals surface area (Å²) in [5.41, 5.74) is 1.70. The fraction of sp³-hybridized carbons (Fsp3) is 0.462. The van der Waals surface area contributed by atoms with E-state index in [4.69, 9.17) is 10.00 Å². The number of halogens is 1. The lowest BCUT2D eigenvalue weighted by molar-refractivity contribution is 0.183. The summed E-state index contributed by atoms with van der Waals surface area (Å²) in [5.74, 6) is 0.574. The molecule has 1 saturated heterocycles. The Labute approximate surface area is 110 Å². The number of ether oxygens (including phenoxy) is 1. The standard InChI is InChI=1S/C13H15BrN2O/c1-9(11-4-5-17-8-11)16-12-3-2-10(7-15)13(14)6-12/h2-3,6,9,11,16H,4-5,8H2,1H3. The number of nitrogens with one attached hydrogen (secondary N) is 1. The molecule has 1 fully saturated rings. The van der Waals surface area contributed by atoms with Crippen molar-refractivity contribution in [1.82, 2.24) is 0 Å². The first-order valence-electron chi connectivity index (χ1n) is 5.74. The van der Waals surface area contributed by atoms with Crippen LogP contribution in [-0.4, -0.2) is 19.3 Å². The topological polar surface area (TPSA) is 45.0 Å². The Morgan fingerprint density at radius 2 is 2.41 bits per heavy atom. The van der Waals surface area contributed by atoms with Crippen LogP contribution in [0.2, 0.25) is 0 Å². The van der Waals surface area contributed by atoms with Gasteiger partial charge in [0.2, 0.25) is 0 Å². The van der Waals surface area contributed by atoms with Crippen LogP contribution in [0.15, 0.2) is 22.7 Å². The van der Waals surface area contributed by atoms with E-state index in [1.807, 2.05) is 18.2 Å². The molecule has 0 aromatic heterocycles. The van der Waals surface area contributed by atoms with Crippen LogP contribution in [0.3, 0.4) is 0 Å². The van der Waals surface area contributed by atoms with E-state index in [1.165, 1.54) is 0 Å². The Kier molecular flexibility index (Phi) is 4.03. The van der Waals surface area contributed by atoms with Crippen LogP contribution in [0.5, 0.6) is 0 Å². The summed E-state index contributed by atoms with van der Waals surface area (Å²) in [6.45, 7) is 3.88. The maximum absolute atomic E-state index is 8.85. The molecule has 90 valence electrons. The van der Waals surface area contributed by atoms with Gasteiger partial charge in [0.25, 0.3) is 0 Å². The Hall–Kier alpha value is -1.05. The number of nitriles is 1. The smallest absolute Gasteiger partial charge is 0.100 e. The van der Waals surface area contributed by atoms with Crippen LogP contribution in [0.4, 0.5) is 5.69 Å². The number of rotatable bonds is 3. The van der Waals surface area contributed by atoms with Crippen LogP contribution in [0.1, 0.15) is 18.9 Å². The molecule has 0 bridgehead atoms. The predicted octanol–water partition coefficient (Wildman–Crippen LogP) is 3.16. The summed E-state index contributed by atoms with van der Waals surface area (Å²) in [5, 5.41) is 12.3. The first-order valence-corrected chi connectivity index (χ1v) is 6.54. The molecule has 0 radical (unpaired) electrons. The van der Waals surface area contributed by atoms with Gasteiger partial charge in [-0.05, 0) is 47.5 Å². The monoisotopic (exact) mass is 294 g/mol. The zero-order chi connectivity index (χ0) is 12.3. The summed E-state index contributed by atoms with van der Waals surface area (Å²) in [6, 6.07) is 8.24. The first kappa shape index (κ1) is 12.4. The molecule has 3 nitrogen and oxygen atoms in total. The van der Waals surface area contributed by atoms with E-state index in [0.717, 1.165) is 29.8 Å². The number of nitrogens with zero attached hydrogens (tertiary/aromatic N) is 1. The molecule has 2 unspecified atom stereocenters. The molecule has 0 amide bonds. The minimum atomic E-state index is 0.386. The van der Waals surface area contributed by atoms with Crippen molar-refractivity contribution in [3.63, 3.8) is 0 Å². The molecule has 2 rings (SSSR count). The molecule has 4 heteroatoms. The summed E-state index contributed by atoms with van der Waals surface area (Å²) in [7, 11) is 0. The van der Waals surface area contributed by atoms with Crippen LogP contribution in [-0.2, 0) is 4.74 Å². The minimum absolute atomic E-state index is 0.386. The third-order valence-electron chi connectivity index (χ3n) is 3.16. The van der Waals surface area contributed by atoms with E-state index in [2.05, 4.69) is 34.2 Å². The van der Waals surface area contributed by atoms with Gasteiger partial charge in [0, 0.05) is 28.7 Å². The molecule has 0 spiro atoms. The van der Waals surface area contributed by atoms with Gasteiger partial charge in [0.05, 0.1) is 12.2 Å². The lowest BCUT2D eigenvalue weighted by Gasteiger charge is -2.20. The Balaban J connectivity index is 2.03. The number of anilines is 1. The van der Waals surface area contributed by atoms with E-state index in [1.54, 1.807) is 0 Å². The Morgan fingerprint density at radius 1 is 1.59 bits per heavy atom. The number of hydrogen-bond donors (Lipinski definition) is 1. The zero-order valence-corrected chi connectivity index (χ0v) is 11.3. The van der Waals surface area contributed by atoms with Crippen molar-refractivity contribution in [3.8, 4) is 6.07 Å². The highest BCUT2D eigenvalue weighted by molar-refractivity contribution is 9.10. The Bertz CT molecular complexity index is 436. The number of hydrogen-bond acceptors (Lipinski definition) is 3. The summed E-state index contributed by atoms with van der Waals surface area (Å²) >= 11 is 3.39. The van der Waals surface area contributed by atoms with Gasteiger partial charge in [-0.1, -0.05) is 0 Å². The molecule has 2 atom stereocenters. The van der Waals surface area contributed by atoms with Gasteiger partial charge in [-0.2, -0.15) is 5.26 Å². The molecule has 1 aromatic carbocycles. The van der Waals surface area contributed by atoms with E-state index < -0.39 is 0 Å². The van der Waals surface area contributed by atoms with Crippen LogP contribution in [0.25, 0.3) is 0 Å². The molecule has 1 heterocycles. The van der Waals surface area contributed by atoms with Crippen LogP contribution < -0.4 is 5.32 Å². The van der Waals surface area contributed by atoms with E-state index in [-0.39, 0.29) is 0 Å². The third kappa shape index (κ3) is 2.99. The molecule has 0 aliphatic carbocycles. The van der Waals surface area contributed by atoms with Gasteiger partial charge < -0.3 is 10.1 Å². The van der Waals surface area contributed by atoms with Crippen molar-refractivity contribution < 1.29 is 4.74 Å². The van der Waals surface area contributed by atoms with Crippen molar-refractivity contribution in [2.45, 2.75) is 19.4 Å². The normalized spacial score (nSPS) is 20.9. The summed E-state index contributed by atoms with van der Waals surface area (Å²) in [6.07, 6.45) is 1.12. The summed E-state index contributed by atoms with van der Waals surface area (Å²) in [4.78, 5) is 0. The first-order chi connectivity index (χ1) is 8.20. The van der Waals surface area contributed by atoms with Crippen LogP contribution >= 0.6 is 15.9 Å². The second-order valence-electron chi connectivity index (χ2n) is 4.36. The van der Waals surface area contributed by atoms with Crippen LogP contribution in [0, 0.1) is 17.2 Å². The summed E-state index contributed by atoms with van der Waals surface area (Å²) < 4.78 is 6.22. The molecule has 1 aliphatic rings. The van der Waals surface area contributed by atoms with Gasteiger partial charge in [0.15, 0.2) is 0 Å². The van der Waals surface area contributed by atoms with Crippen molar-refractivity contribution in [2.75, 3.05) is 18.5 Å². The largest absolute Gasteiger partial charge is 0.382 e. The average molecular weight is 295 g/mol. The molecule has 1 N–H and O–H groups in total. The lowest BCUT2D eigenvalue weighted by Crippen LogP contribution is -2.26. The maximum Gasteiger partial charge on any atom is 0.100 e. The second-order valence-corrected chi connectivity index (χ2v) is 5.22. The molecule has 1 aromatic rings. The fourth-order valence-electron chi connectivity index (χ4n) is 2.02. The molecule has 0 saturated carbocycles. The second kappa shape index (κ2) is 5.52. The quantitative estimate of drug-likeness (QED) is 0.931. The molecule has 1 aliphatic heterocycles. The van der Waals surface area contributed by atoms with Gasteiger partial charge in [0.1, 0.15) is 6.07 Å². The molecule has 17 heavy (non-hydrogen) atoms. The van der Waals surface area contributed by atoms with Gasteiger partial charge >= 0.3 is 0 Å². The number of benzene rings is 1. The van der Waals surface area contributed by atoms with Gasteiger partial charge in [-0.15, -0.1) is 0 Å². The third-order valence-corrected chi connectivity index (χ3v) is 3.81. The maximum atomic E-state index is 8.85. The predicted molar refractivity (Wildman–Crippen MR) is 70.9 cm³/mol. The van der Waals surface area contributed by atoms with Crippen molar-refractivity contribution >= 4 is 21.6 Å². The van der Waals surface area contributed by atoms with Gasteiger partial charge in [-0.25, -0.2) is 0 Å². The SMILES string of the molecule is CC(Nc1ccc(C#N)c(Br)c1)C1CCOC1. The fourth-order valence-corrected chi connectivity index (χ4v) is 2.49. The van der Waals surface area contributed by atoms with Crippen molar-refractivity contribution in [1.29, 1.82) is 5.26 Å². The minimum Gasteiger partial charge on any atom is -0.382 e. The highest BCUT2D eigenvalue weighted by Gasteiger charge is 2.22. The highest BCUT2D eigenvalue weighted by Crippen LogP contribution is 2.24. The molecular formula is C13H15BrN2O. The highest BCUT2D eigenvalue weighted by atomic mass is 79.9. The lowest BCUT2D eigenvalue weighted by atomic mass is 10.0. The van der Waals surface area contributed by atoms with E-state index in [0.29, 0.717) is 17.5 Å². The average Bonchev–Trinajstić information content (AvgIpc) is 2.82. The van der Waals surface area contributed by atoms with Crippen molar-refractivity contribution in [2.24, 2.45) is 5.92 Å². The molecular weight excluding hydrogens is 280 g/mol. The van der Waals surface area contributed by atoms with E-state index in [9.17, 15) is 0 Å². The van der Waals surface area contributed by atoms with Crippen molar-refractivity contribution in [3.05, 3.63) is 28.2 Å². The van der Waals surface area contributed by atoms with Gasteiger partial charge in [-0.3, -0.25) is 0 Å².